The van der Waals surface area contributed by atoms with E-state index in [2.05, 4.69) is 9.98 Å². The summed E-state index contributed by atoms with van der Waals surface area (Å²) >= 11 is 0. The second-order valence-corrected chi connectivity index (χ2v) is 4.05. The second kappa shape index (κ2) is 9.49. The molecule has 0 saturated carbocycles. The Morgan fingerprint density at radius 2 is 1.77 bits per heavy atom. The first-order valence-corrected chi connectivity index (χ1v) is 7.08. The van der Waals surface area contributed by atoms with Gasteiger partial charge < -0.3 is 14.2 Å². The number of ether oxygens (including phenoxy) is 3. The van der Waals surface area contributed by atoms with Crippen LogP contribution in [0, 0.1) is 5.92 Å². The Balaban J connectivity index is 2.82. The van der Waals surface area contributed by atoms with Gasteiger partial charge in [-0.3, -0.25) is 14.6 Å². The fraction of sp³-hybridized carbons (Fsp3) is 0.467. The van der Waals surface area contributed by atoms with Gasteiger partial charge >= 0.3 is 11.9 Å². The molecule has 22 heavy (non-hydrogen) atoms. The van der Waals surface area contributed by atoms with Gasteiger partial charge in [0.1, 0.15) is 0 Å². The molecule has 1 rings (SSSR count). The number of nitrogens with zero attached hydrogens (tertiary/aromatic N) is 2. The summed E-state index contributed by atoms with van der Waals surface area (Å²) < 4.78 is 14.9. The Hall–Kier alpha value is -2.44. The van der Waals surface area contributed by atoms with Crippen molar-refractivity contribution in [3.8, 4) is 5.88 Å². The van der Waals surface area contributed by atoms with Gasteiger partial charge in [0.05, 0.1) is 31.7 Å². The SMILES string of the molecule is CCOC(=O)C(C=Nc1ccc(OCC)nc1)C(=O)OCC. The number of rotatable bonds is 8. The third-order valence-corrected chi connectivity index (χ3v) is 2.47. The van der Waals surface area contributed by atoms with E-state index in [1.54, 1.807) is 26.0 Å². The third kappa shape index (κ3) is 5.51. The first kappa shape index (κ1) is 17.6. The van der Waals surface area contributed by atoms with Gasteiger partial charge in [-0.1, -0.05) is 0 Å². The van der Waals surface area contributed by atoms with Crippen LogP contribution in [0.15, 0.2) is 23.3 Å². The van der Waals surface area contributed by atoms with Crippen molar-refractivity contribution in [2.24, 2.45) is 10.9 Å². The first-order chi connectivity index (χ1) is 10.6. The van der Waals surface area contributed by atoms with Crippen LogP contribution >= 0.6 is 0 Å². The average Bonchev–Trinajstić information content (AvgIpc) is 2.50. The van der Waals surface area contributed by atoms with Crippen LogP contribution < -0.4 is 4.74 Å². The summed E-state index contributed by atoms with van der Waals surface area (Å²) in [5.41, 5.74) is 0.488. The van der Waals surface area contributed by atoms with E-state index in [4.69, 9.17) is 14.2 Å². The van der Waals surface area contributed by atoms with E-state index in [0.717, 1.165) is 0 Å². The van der Waals surface area contributed by atoms with Gasteiger partial charge in [-0.05, 0) is 26.8 Å². The van der Waals surface area contributed by atoms with E-state index in [1.165, 1.54) is 12.4 Å². The summed E-state index contributed by atoms with van der Waals surface area (Å²) in [7, 11) is 0. The first-order valence-electron chi connectivity index (χ1n) is 7.08. The molecule has 0 atom stereocenters. The van der Waals surface area contributed by atoms with Crippen molar-refractivity contribution in [2.45, 2.75) is 20.8 Å². The van der Waals surface area contributed by atoms with E-state index in [0.29, 0.717) is 18.2 Å². The lowest BCUT2D eigenvalue weighted by Crippen LogP contribution is -2.29. The Morgan fingerprint density at radius 1 is 1.14 bits per heavy atom. The maximum atomic E-state index is 11.8. The standard InChI is InChI=1S/C15H20N2O5/c1-4-20-13-8-7-11(9-17-13)16-10-12(14(18)21-5-2)15(19)22-6-3/h7-10,12H,4-6H2,1-3H3. The lowest BCUT2D eigenvalue weighted by Gasteiger charge is -2.10. The summed E-state index contributed by atoms with van der Waals surface area (Å²) in [6, 6.07) is 3.32. The quantitative estimate of drug-likeness (QED) is 0.414. The van der Waals surface area contributed by atoms with Crippen LogP contribution in [-0.4, -0.2) is 43.0 Å². The molecule has 0 fully saturated rings. The molecule has 7 heteroatoms. The van der Waals surface area contributed by atoms with Crippen LogP contribution in [0.4, 0.5) is 5.69 Å². The van der Waals surface area contributed by atoms with Crippen molar-refractivity contribution in [2.75, 3.05) is 19.8 Å². The van der Waals surface area contributed by atoms with Crippen LogP contribution in [-0.2, 0) is 19.1 Å². The zero-order valence-electron chi connectivity index (χ0n) is 12.9. The Bertz CT molecular complexity index is 495. The molecule has 0 aromatic carbocycles. The number of pyridine rings is 1. The highest BCUT2D eigenvalue weighted by Gasteiger charge is 2.27. The summed E-state index contributed by atoms with van der Waals surface area (Å²) in [5.74, 6) is -2.09. The molecule has 0 saturated heterocycles. The van der Waals surface area contributed by atoms with Gasteiger partial charge in [-0.25, -0.2) is 4.98 Å². The van der Waals surface area contributed by atoms with Crippen LogP contribution in [0.1, 0.15) is 20.8 Å². The molecule has 0 unspecified atom stereocenters. The van der Waals surface area contributed by atoms with Crippen molar-refractivity contribution in [1.82, 2.24) is 4.98 Å². The maximum Gasteiger partial charge on any atom is 0.325 e. The highest BCUT2D eigenvalue weighted by Crippen LogP contribution is 2.15. The molecule has 0 aliphatic rings. The van der Waals surface area contributed by atoms with Crippen LogP contribution in [0.3, 0.4) is 0 Å². The number of hydrogen-bond acceptors (Lipinski definition) is 7. The van der Waals surface area contributed by atoms with Crippen molar-refractivity contribution in [1.29, 1.82) is 0 Å². The molecule has 0 N–H and O–H groups in total. The van der Waals surface area contributed by atoms with Crippen LogP contribution in [0.5, 0.6) is 5.88 Å². The number of hydrogen-bond donors (Lipinski definition) is 0. The summed E-state index contributed by atoms with van der Waals surface area (Å²) in [6.07, 6.45) is 2.68. The minimum Gasteiger partial charge on any atom is -0.478 e. The fourth-order valence-corrected chi connectivity index (χ4v) is 1.52. The normalized spacial score (nSPS) is 10.7. The predicted octanol–water partition coefficient (Wildman–Crippen LogP) is 1.92. The van der Waals surface area contributed by atoms with E-state index in [1.807, 2.05) is 6.92 Å². The van der Waals surface area contributed by atoms with Crippen LogP contribution in [0.25, 0.3) is 0 Å². The summed E-state index contributed by atoms with van der Waals surface area (Å²) in [6.45, 7) is 6.04. The number of aliphatic imine (C=N–C) groups is 1. The molecule has 0 amide bonds. The van der Waals surface area contributed by atoms with Crippen molar-refractivity contribution >= 4 is 23.8 Å². The highest BCUT2D eigenvalue weighted by atomic mass is 16.6. The molecular weight excluding hydrogens is 288 g/mol. The van der Waals surface area contributed by atoms with Gasteiger partial charge in [-0.2, -0.15) is 0 Å². The van der Waals surface area contributed by atoms with Crippen molar-refractivity contribution in [3.05, 3.63) is 18.3 Å². The smallest absolute Gasteiger partial charge is 0.325 e. The molecule has 0 aliphatic heterocycles. The lowest BCUT2D eigenvalue weighted by atomic mass is 10.2. The number of esters is 2. The Labute approximate surface area is 129 Å². The number of carbonyl (C=O) groups is 2. The van der Waals surface area contributed by atoms with Crippen molar-refractivity contribution < 1.29 is 23.8 Å². The topological polar surface area (TPSA) is 87.1 Å². The fourth-order valence-electron chi connectivity index (χ4n) is 1.52. The number of aromatic nitrogens is 1. The van der Waals surface area contributed by atoms with Gasteiger partial charge in [0.25, 0.3) is 0 Å². The molecule has 1 aromatic rings. The summed E-state index contributed by atoms with van der Waals surface area (Å²) in [4.78, 5) is 31.7. The zero-order chi connectivity index (χ0) is 16.4. The van der Waals surface area contributed by atoms with E-state index in [9.17, 15) is 9.59 Å². The van der Waals surface area contributed by atoms with Gasteiger partial charge in [0.2, 0.25) is 5.88 Å². The van der Waals surface area contributed by atoms with Crippen molar-refractivity contribution in [3.63, 3.8) is 0 Å². The Kier molecular flexibility index (Phi) is 7.60. The largest absolute Gasteiger partial charge is 0.478 e. The molecule has 0 bridgehead atoms. The molecule has 0 aliphatic carbocycles. The minimum absolute atomic E-state index is 0.174. The van der Waals surface area contributed by atoms with Gasteiger partial charge in [-0.15, -0.1) is 0 Å². The highest BCUT2D eigenvalue weighted by molar-refractivity contribution is 6.09. The van der Waals surface area contributed by atoms with Crippen LogP contribution in [0.2, 0.25) is 0 Å². The van der Waals surface area contributed by atoms with Gasteiger partial charge in [0, 0.05) is 12.3 Å². The molecule has 7 nitrogen and oxygen atoms in total. The molecular formula is C15H20N2O5. The third-order valence-electron chi connectivity index (χ3n) is 2.47. The van der Waals surface area contributed by atoms with E-state index >= 15 is 0 Å². The molecule has 0 spiro atoms. The lowest BCUT2D eigenvalue weighted by molar-refractivity contribution is -0.157. The monoisotopic (exact) mass is 308 g/mol. The average molecular weight is 308 g/mol. The summed E-state index contributed by atoms with van der Waals surface area (Å²) in [5, 5.41) is 0. The molecule has 0 radical (unpaired) electrons. The Morgan fingerprint density at radius 3 is 2.23 bits per heavy atom. The minimum atomic E-state index is -1.19. The second-order valence-electron chi connectivity index (χ2n) is 4.05. The van der Waals surface area contributed by atoms with E-state index in [-0.39, 0.29) is 13.2 Å². The van der Waals surface area contributed by atoms with E-state index < -0.39 is 17.9 Å². The maximum absolute atomic E-state index is 11.8. The zero-order valence-corrected chi connectivity index (χ0v) is 12.9. The number of carbonyl (C=O) groups excluding carboxylic acids is 2. The van der Waals surface area contributed by atoms with Gasteiger partial charge in [0.15, 0.2) is 5.92 Å². The molecule has 1 heterocycles. The predicted molar refractivity (Wildman–Crippen MR) is 80.3 cm³/mol. The molecule has 1 aromatic heterocycles. The molecule has 120 valence electrons.